The molecule has 0 amide bonds. The van der Waals surface area contributed by atoms with Gasteiger partial charge in [0, 0.05) is 40.8 Å². The van der Waals surface area contributed by atoms with Crippen LogP contribution >= 0.6 is 0 Å². The van der Waals surface area contributed by atoms with Gasteiger partial charge < -0.3 is 9.55 Å². The highest BCUT2D eigenvalue weighted by Gasteiger charge is 2.30. The van der Waals surface area contributed by atoms with E-state index in [9.17, 15) is 13.2 Å². The van der Waals surface area contributed by atoms with Gasteiger partial charge >= 0.3 is 6.18 Å². The number of nitrogens with one attached hydrogen (secondary N) is 1. The Labute approximate surface area is 134 Å². The molecule has 0 saturated heterocycles. The minimum atomic E-state index is -4.36. The molecule has 3 heterocycles. The summed E-state index contributed by atoms with van der Waals surface area (Å²) in [6, 6.07) is 7.18. The van der Waals surface area contributed by atoms with E-state index in [-0.39, 0.29) is 0 Å². The highest BCUT2D eigenvalue weighted by Crippen LogP contribution is 2.34. The summed E-state index contributed by atoms with van der Waals surface area (Å²) in [6.45, 7) is 0. The first-order valence-electron chi connectivity index (χ1n) is 7.15. The summed E-state index contributed by atoms with van der Waals surface area (Å²) in [5.74, 6) is 0. The van der Waals surface area contributed by atoms with Crippen LogP contribution in [0.15, 0.2) is 61.4 Å². The molecular formula is C17H11F3N4. The van der Waals surface area contributed by atoms with Crippen molar-refractivity contribution in [2.24, 2.45) is 0 Å². The highest BCUT2D eigenvalue weighted by molar-refractivity contribution is 5.88. The maximum atomic E-state index is 12.9. The molecular weight excluding hydrogens is 317 g/mol. The first-order chi connectivity index (χ1) is 11.5. The van der Waals surface area contributed by atoms with Gasteiger partial charge in [-0.3, -0.25) is 4.98 Å². The van der Waals surface area contributed by atoms with Crippen molar-refractivity contribution in [2.45, 2.75) is 6.18 Å². The molecule has 120 valence electrons. The lowest BCUT2D eigenvalue weighted by Crippen LogP contribution is -2.03. The number of pyridine rings is 1. The third-order valence-corrected chi connectivity index (χ3v) is 3.82. The fraction of sp³-hybridized carbons (Fsp3) is 0.0588. The summed E-state index contributed by atoms with van der Waals surface area (Å²) >= 11 is 0. The molecule has 3 aromatic heterocycles. The third kappa shape index (κ3) is 2.44. The molecule has 0 aliphatic carbocycles. The Balaban J connectivity index is 1.86. The molecule has 0 spiro atoms. The fourth-order valence-electron chi connectivity index (χ4n) is 2.68. The normalized spacial score (nSPS) is 12.0. The van der Waals surface area contributed by atoms with E-state index >= 15 is 0 Å². The standard InChI is InChI=1S/C17H11F3N4/c18-17(19,20)12-1-2-14-11(7-12)8-15(23-14)13-3-4-21-9-16(13)24-6-5-22-10-24/h1-10,23H. The van der Waals surface area contributed by atoms with Gasteiger partial charge in [0.2, 0.25) is 0 Å². The third-order valence-electron chi connectivity index (χ3n) is 3.82. The van der Waals surface area contributed by atoms with Crippen molar-refractivity contribution >= 4 is 10.9 Å². The van der Waals surface area contributed by atoms with Gasteiger partial charge in [-0.15, -0.1) is 0 Å². The van der Waals surface area contributed by atoms with Crippen LogP contribution in [0, 0.1) is 0 Å². The summed E-state index contributed by atoms with van der Waals surface area (Å²) in [5.41, 5.74) is 2.32. The SMILES string of the molecule is FC(F)(F)c1ccc2[nH]c(-c3ccncc3-n3ccnc3)cc2c1. The average Bonchev–Trinajstić information content (AvgIpc) is 3.22. The molecule has 4 nitrogen and oxygen atoms in total. The van der Waals surface area contributed by atoms with Crippen LogP contribution in [0.4, 0.5) is 13.2 Å². The Morgan fingerprint density at radius 1 is 1.00 bits per heavy atom. The van der Waals surface area contributed by atoms with E-state index in [1.807, 2.05) is 6.07 Å². The van der Waals surface area contributed by atoms with Crippen molar-refractivity contribution in [2.75, 3.05) is 0 Å². The molecule has 0 saturated carbocycles. The van der Waals surface area contributed by atoms with E-state index in [0.29, 0.717) is 10.9 Å². The quantitative estimate of drug-likeness (QED) is 0.591. The van der Waals surface area contributed by atoms with Gasteiger partial charge in [-0.1, -0.05) is 0 Å². The van der Waals surface area contributed by atoms with E-state index in [1.165, 1.54) is 6.07 Å². The van der Waals surface area contributed by atoms with Crippen molar-refractivity contribution in [1.82, 2.24) is 19.5 Å². The van der Waals surface area contributed by atoms with E-state index in [1.54, 1.807) is 41.7 Å². The van der Waals surface area contributed by atoms with Crippen LogP contribution in [-0.2, 0) is 6.18 Å². The number of alkyl halides is 3. The lowest BCUT2D eigenvalue weighted by Gasteiger charge is -2.07. The highest BCUT2D eigenvalue weighted by atomic mass is 19.4. The second kappa shape index (κ2) is 5.23. The molecule has 0 aliphatic rings. The Bertz CT molecular complexity index is 1000. The van der Waals surface area contributed by atoms with Crippen LogP contribution in [-0.4, -0.2) is 19.5 Å². The monoisotopic (exact) mass is 328 g/mol. The van der Waals surface area contributed by atoms with Crippen LogP contribution in [0.3, 0.4) is 0 Å². The molecule has 0 radical (unpaired) electrons. The van der Waals surface area contributed by atoms with Crippen molar-refractivity contribution in [3.8, 4) is 16.9 Å². The molecule has 24 heavy (non-hydrogen) atoms. The van der Waals surface area contributed by atoms with Crippen molar-refractivity contribution in [3.05, 3.63) is 67.0 Å². The van der Waals surface area contributed by atoms with Crippen LogP contribution in [0.1, 0.15) is 5.56 Å². The molecule has 0 bridgehead atoms. The number of imidazole rings is 1. The van der Waals surface area contributed by atoms with E-state index in [2.05, 4.69) is 15.0 Å². The summed E-state index contributed by atoms with van der Waals surface area (Å²) in [7, 11) is 0. The lowest BCUT2D eigenvalue weighted by molar-refractivity contribution is -0.137. The maximum absolute atomic E-state index is 12.9. The Kier molecular flexibility index (Phi) is 3.16. The summed E-state index contributed by atoms with van der Waals surface area (Å²) in [6.07, 6.45) is 4.05. The summed E-state index contributed by atoms with van der Waals surface area (Å²) in [5, 5.41) is 0.508. The molecule has 1 aromatic carbocycles. The van der Waals surface area contributed by atoms with Crippen molar-refractivity contribution < 1.29 is 13.2 Å². The first kappa shape index (κ1) is 14.5. The maximum Gasteiger partial charge on any atom is 0.416 e. The Hall–Kier alpha value is -3.09. The predicted molar refractivity (Wildman–Crippen MR) is 83.7 cm³/mol. The predicted octanol–water partition coefficient (Wildman–Crippen LogP) is 4.43. The number of rotatable bonds is 2. The van der Waals surface area contributed by atoms with Gasteiger partial charge in [-0.05, 0) is 30.3 Å². The second-order valence-corrected chi connectivity index (χ2v) is 5.35. The van der Waals surface area contributed by atoms with Crippen LogP contribution in [0.2, 0.25) is 0 Å². The number of aromatic amines is 1. The summed E-state index contributed by atoms with van der Waals surface area (Å²) in [4.78, 5) is 11.3. The van der Waals surface area contributed by atoms with Crippen LogP contribution in [0.5, 0.6) is 0 Å². The zero-order valence-electron chi connectivity index (χ0n) is 12.2. The number of aromatic nitrogens is 4. The minimum absolute atomic E-state index is 0.508. The molecule has 0 unspecified atom stereocenters. The average molecular weight is 328 g/mol. The Morgan fingerprint density at radius 2 is 1.88 bits per heavy atom. The molecule has 4 aromatic rings. The second-order valence-electron chi connectivity index (χ2n) is 5.35. The van der Waals surface area contributed by atoms with Gasteiger partial charge in [0.05, 0.1) is 23.8 Å². The number of H-pyrrole nitrogens is 1. The molecule has 0 aliphatic heterocycles. The molecule has 7 heteroatoms. The lowest BCUT2D eigenvalue weighted by atomic mass is 10.1. The van der Waals surface area contributed by atoms with Gasteiger partial charge in [-0.2, -0.15) is 13.2 Å². The molecule has 0 fully saturated rings. The van der Waals surface area contributed by atoms with Gasteiger partial charge in [0.15, 0.2) is 0 Å². The summed E-state index contributed by atoms with van der Waals surface area (Å²) < 4.78 is 40.4. The minimum Gasteiger partial charge on any atom is -0.354 e. The largest absolute Gasteiger partial charge is 0.416 e. The van der Waals surface area contributed by atoms with E-state index < -0.39 is 11.7 Å². The molecule has 4 rings (SSSR count). The van der Waals surface area contributed by atoms with E-state index in [0.717, 1.165) is 29.1 Å². The van der Waals surface area contributed by atoms with E-state index in [4.69, 9.17) is 0 Å². The zero-order valence-corrected chi connectivity index (χ0v) is 12.2. The molecule has 0 atom stereocenters. The number of halogens is 3. The Morgan fingerprint density at radius 3 is 2.62 bits per heavy atom. The number of hydrogen-bond donors (Lipinski definition) is 1. The number of benzene rings is 1. The van der Waals surface area contributed by atoms with Crippen molar-refractivity contribution in [1.29, 1.82) is 0 Å². The van der Waals surface area contributed by atoms with Crippen LogP contribution in [0.25, 0.3) is 27.8 Å². The first-order valence-corrected chi connectivity index (χ1v) is 7.15. The van der Waals surface area contributed by atoms with Gasteiger partial charge in [-0.25, -0.2) is 4.98 Å². The van der Waals surface area contributed by atoms with Crippen molar-refractivity contribution in [3.63, 3.8) is 0 Å². The van der Waals surface area contributed by atoms with Gasteiger partial charge in [0.25, 0.3) is 0 Å². The zero-order chi connectivity index (χ0) is 16.7. The van der Waals surface area contributed by atoms with Gasteiger partial charge in [0.1, 0.15) is 0 Å². The van der Waals surface area contributed by atoms with Crippen LogP contribution < -0.4 is 0 Å². The number of hydrogen-bond acceptors (Lipinski definition) is 2. The molecule has 1 N–H and O–H groups in total. The fourth-order valence-corrected chi connectivity index (χ4v) is 2.68. The smallest absolute Gasteiger partial charge is 0.354 e. The number of fused-ring (bicyclic) bond motifs is 1. The topological polar surface area (TPSA) is 46.5 Å². The number of nitrogens with zero attached hydrogens (tertiary/aromatic N) is 3.